The van der Waals surface area contributed by atoms with Crippen LogP contribution in [0.15, 0.2) is 0 Å². The molecule has 84 valence electrons. The molecule has 0 bridgehead atoms. The van der Waals surface area contributed by atoms with Gasteiger partial charge in [-0.05, 0) is 45.8 Å². The molecule has 1 aliphatic rings. The van der Waals surface area contributed by atoms with Crippen LogP contribution in [-0.4, -0.2) is 48.3 Å². The summed E-state index contributed by atoms with van der Waals surface area (Å²) in [5.74, 6) is 0. The number of aliphatic hydroxyl groups is 1. The largest absolute Gasteiger partial charge is 0.392 e. The molecule has 0 aromatic rings. The topological polar surface area (TPSA) is 35.5 Å². The molecular weight excluding hydrogens is 176 g/mol. The second-order valence-electron chi connectivity index (χ2n) is 4.37. The lowest BCUT2D eigenvalue weighted by atomic mass is 10.0. The van der Waals surface area contributed by atoms with Crippen LogP contribution in [0.5, 0.6) is 0 Å². The van der Waals surface area contributed by atoms with Crippen molar-refractivity contribution in [2.45, 2.75) is 45.3 Å². The molecule has 0 spiro atoms. The van der Waals surface area contributed by atoms with Crippen LogP contribution in [0.4, 0.5) is 0 Å². The predicted octanol–water partition coefficient (Wildman–Crippen LogP) is 0.831. The first-order valence-corrected chi connectivity index (χ1v) is 5.86. The highest BCUT2D eigenvalue weighted by Gasteiger charge is 2.17. The molecular formula is C11H24N2O. The van der Waals surface area contributed by atoms with E-state index in [0.717, 1.165) is 6.54 Å². The fourth-order valence-corrected chi connectivity index (χ4v) is 2.01. The van der Waals surface area contributed by atoms with Gasteiger partial charge in [0, 0.05) is 12.6 Å². The van der Waals surface area contributed by atoms with E-state index in [0.29, 0.717) is 6.04 Å². The Kier molecular flexibility index (Phi) is 5.45. The van der Waals surface area contributed by atoms with E-state index in [-0.39, 0.29) is 6.10 Å². The summed E-state index contributed by atoms with van der Waals surface area (Å²) in [6, 6.07) is 0.623. The molecule has 0 aromatic heterocycles. The number of hydrogen-bond donors (Lipinski definition) is 2. The highest BCUT2D eigenvalue weighted by atomic mass is 16.3. The summed E-state index contributed by atoms with van der Waals surface area (Å²) in [4.78, 5) is 2.53. The zero-order valence-electron chi connectivity index (χ0n) is 9.50. The van der Waals surface area contributed by atoms with Crippen LogP contribution in [0.3, 0.4) is 0 Å². The molecule has 0 amide bonds. The van der Waals surface area contributed by atoms with Gasteiger partial charge in [-0.2, -0.15) is 0 Å². The first-order chi connectivity index (χ1) is 6.72. The summed E-state index contributed by atoms with van der Waals surface area (Å²) in [7, 11) is 0. The molecule has 3 nitrogen and oxygen atoms in total. The van der Waals surface area contributed by atoms with Crippen molar-refractivity contribution in [2.75, 3.05) is 26.2 Å². The fourth-order valence-electron chi connectivity index (χ4n) is 2.01. The normalized spacial score (nSPS) is 22.5. The number of rotatable bonds is 5. The molecule has 14 heavy (non-hydrogen) atoms. The first kappa shape index (κ1) is 12.0. The molecule has 0 unspecified atom stereocenters. The third kappa shape index (κ3) is 4.40. The van der Waals surface area contributed by atoms with E-state index in [2.05, 4.69) is 17.1 Å². The van der Waals surface area contributed by atoms with Crippen molar-refractivity contribution in [3.05, 3.63) is 0 Å². The third-order valence-corrected chi connectivity index (χ3v) is 2.83. The van der Waals surface area contributed by atoms with Crippen molar-refractivity contribution in [3.63, 3.8) is 0 Å². The highest BCUT2D eigenvalue weighted by molar-refractivity contribution is 4.77. The van der Waals surface area contributed by atoms with Crippen molar-refractivity contribution < 1.29 is 5.11 Å². The molecule has 0 aromatic carbocycles. The van der Waals surface area contributed by atoms with E-state index < -0.39 is 0 Å². The van der Waals surface area contributed by atoms with Gasteiger partial charge >= 0.3 is 0 Å². The number of nitrogens with one attached hydrogen (secondary N) is 1. The Morgan fingerprint density at radius 2 is 2.07 bits per heavy atom. The van der Waals surface area contributed by atoms with Crippen LogP contribution in [0.2, 0.25) is 0 Å². The first-order valence-electron chi connectivity index (χ1n) is 5.86. The van der Waals surface area contributed by atoms with Gasteiger partial charge in [-0.25, -0.2) is 0 Å². The van der Waals surface area contributed by atoms with E-state index in [9.17, 15) is 0 Å². The van der Waals surface area contributed by atoms with E-state index in [1.165, 1.54) is 38.9 Å². The summed E-state index contributed by atoms with van der Waals surface area (Å²) in [5, 5.41) is 12.6. The number of aliphatic hydroxyl groups excluding tert-OH is 1. The van der Waals surface area contributed by atoms with E-state index >= 15 is 0 Å². The lowest BCUT2D eigenvalue weighted by Crippen LogP contribution is -2.44. The fraction of sp³-hybridized carbons (Fsp3) is 1.00. The minimum atomic E-state index is -0.219. The summed E-state index contributed by atoms with van der Waals surface area (Å²) in [5.41, 5.74) is 0. The lowest BCUT2D eigenvalue weighted by Gasteiger charge is -2.32. The maximum atomic E-state index is 9.15. The Hall–Kier alpha value is -0.120. The van der Waals surface area contributed by atoms with Crippen molar-refractivity contribution in [1.29, 1.82) is 0 Å². The van der Waals surface area contributed by atoms with Gasteiger partial charge in [-0.1, -0.05) is 6.92 Å². The summed E-state index contributed by atoms with van der Waals surface area (Å²) < 4.78 is 0. The van der Waals surface area contributed by atoms with Gasteiger partial charge in [0.05, 0.1) is 6.10 Å². The zero-order valence-corrected chi connectivity index (χ0v) is 9.50. The molecule has 2 N–H and O–H groups in total. The molecule has 1 atom stereocenters. The number of piperidine rings is 1. The van der Waals surface area contributed by atoms with Crippen molar-refractivity contribution in [3.8, 4) is 0 Å². The van der Waals surface area contributed by atoms with Gasteiger partial charge in [0.2, 0.25) is 0 Å². The molecule has 0 radical (unpaired) electrons. The second kappa shape index (κ2) is 6.38. The summed E-state index contributed by atoms with van der Waals surface area (Å²) in [6.07, 6.45) is 3.49. The molecule has 1 aliphatic heterocycles. The molecule has 1 saturated heterocycles. The second-order valence-corrected chi connectivity index (χ2v) is 4.37. The Balaban J connectivity index is 2.09. The maximum Gasteiger partial charge on any atom is 0.0636 e. The van der Waals surface area contributed by atoms with E-state index in [1.54, 1.807) is 0 Å². The van der Waals surface area contributed by atoms with Gasteiger partial charge in [0.15, 0.2) is 0 Å². The van der Waals surface area contributed by atoms with Gasteiger partial charge in [0.25, 0.3) is 0 Å². The van der Waals surface area contributed by atoms with Crippen LogP contribution < -0.4 is 5.32 Å². The smallest absolute Gasteiger partial charge is 0.0636 e. The standard InChI is InChI=1S/C11H24N2O/c1-3-6-13-7-4-11(5-8-13)12-9-10(2)14/h10-12,14H,3-9H2,1-2H3/t10-/m0/s1. The highest BCUT2D eigenvalue weighted by Crippen LogP contribution is 2.10. The molecule has 0 aliphatic carbocycles. The van der Waals surface area contributed by atoms with E-state index in [1.807, 2.05) is 6.92 Å². The van der Waals surface area contributed by atoms with Gasteiger partial charge in [-0.15, -0.1) is 0 Å². The van der Waals surface area contributed by atoms with Gasteiger partial charge in [0.1, 0.15) is 0 Å². The van der Waals surface area contributed by atoms with Crippen LogP contribution in [-0.2, 0) is 0 Å². The van der Waals surface area contributed by atoms with Crippen LogP contribution in [0.25, 0.3) is 0 Å². The quantitative estimate of drug-likeness (QED) is 0.690. The Morgan fingerprint density at radius 3 is 2.57 bits per heavy atom. The number of likely N-dealkylation sites (tertiary alicyclic amines) is 1. The average molecular weight is 200 g/mol. The molecule has 0 saturated carbocycles. The van der Waals surface area contributed by atoms with Crippen LogP contribution in [0.1, 0.15) is 33.1 Å². The minimum absolute atomic E-state index is 0.219. The Morgan fingerprint density at radius 1 is 1.43 bits per heavy atom. The Labute approximate surface area is 87.5 Å². The minimum Gasteiger partial charge on any atom is -0.392 e. The SMILES string of the molecule is CCCN1CCC(NC[C@H](C)O)CC1. The summed E-state index contributed by atoms with van der Waals surface area (Å²) in [6.45, 7) is 8.47. The van der Waals surface area contributed by atoms with Gasteiger partial charge in [-0.3, -0.25) is 0 Å². The van der Waals surface area contributed by atoms with E-state index in [4.69, 9.17) is 5.11 Å². The predicted molar refractivity (Wildman–Crippen MR) is 59.4 cm³/mol. The number of hydrogen-bond acceptors (Lipinski definition) is 3. The van der Waals surface area contributed by atoms with Crippen molar-refractivity contribution in [1.82, 2.24) is 10.2 Å². The monoisotopic (exact) mass is 200 g/mol. The molecule has 3 heteroatoms. The Bertz CT molecular complexity index is 142. The third-order valence-electron chi connectivity index (χ3n) is 2.83. The van der Waals surface area contributed by atoms with Crippen LogP contribution in [0, 0.1) is 0 Å². The zero-order chi connectivity index (χ0) is 10.4. The number of nitrogens with zero attached hydrogens (tertiary/aromatic N) is 1. The van der Waals surface area contributed by atoms with Crippen molar-refractivity contribution in [2.24, 2.45) is 0 Å². The maximum absolute atomic E-state index is 9.15. The lowest BCUT2D eigenvalue weighted by molar-refractivity contribution is 0.162. The molecule has 1 rings (SSSR count). The molecule has 1 fully saturated rings. The molecule has 1 heterocycles. The van der Waals surface area contributed by atoms with Crippen LogP contribution >= 0.6 is 0 Å². The average Bonchev–Trinajstić information content (AvgIpc) is 2.17. The van der Waals surface area contributed by atoms with Gasteiger partial charge < -0.3 is 15.3 Å². The summed E-state index contributed by atoms with van der Waals surface area (Å²) >= 11 is 0. The van der Waals surface area contributed by atoms with Crippen molar-refractivity contribution >= 4 is 0 Å².